The van der Waals surface area contributed by atoms with Gasteiger partial charge < -0.3 is 19.7 Å². The maximum Gasteiger partial charge on any atom is 0.231 e. The Morgan fingerprint density at radius 1 is 1.16 bits per heavy atom. The van der Waals surface area contributed by atoms with E-state index in [-0.39, 0.29) is 37.3 Å². The van der Waals surface area contributed by atoms with Crippen LogP contribution in [0.2, 0.25) is 0 Å². The summed E-state index contributed by atoms with van der Waals surface area (Å²) in [6.45, 7) is 0.303. The van der Waals surface area contributed by atoms with Gasteiger partial charge in [0, 0.05) is 24.7 Å². The average molecular weight is 342 g/mol. The summed E-state index contributed by atoms with van der Waals surface area (Å²) >= 11 is 0. The van der Waals surface area contributed by atoms with E-state index in [0.29, 0.717) is 17.2 Å². The van der Waals surface area contributed by atoms with Crippen LogP contribution in [0.1, 0.15) is 6.42 Å². The van der Waals surface area contributed by atoms with Gasteiger partial charge in [-0.1, -0.05) is 12.1 Å². The molecule has 2 aliphatic heterocycles. The first-order valence-electron chi connectivity index (χ1n) is 7.87. The fourth-order valence-electron chi connectivity index (χ4n) is 3.01. The van der Waals surface area contributed by atoms with Gasteiger partial charge in [0.15, 0.2) is 11.5 Å². The number of hydrogen-bond acceptors (Lipinski definition) is 4. The molecule has 6 nitrogen and oxygen atoms in total. The van der Waals surface area contributed by atoms with Gasteiger partial charge in [0.25, 0.3) is 0 Å². The largest absolute Gasteiger partial charge is 0.454 e. The topological polar surface area (TPSA) is 67.9 Å². The third-order valence-electron chi connectivity index (χ3n) is 4.28. The highest BCUT2D eigenvalue weighted by Crippen LogP contribution is 2.34. The molecule has 4 rings (SSSR count). The summed E-state index contributed by atoms with van der Waals surface area (Å²) < 4.78 is 24.4. The molecular weight excluding hydrogens is 327 g/mol. The molecule has 0 aromatic heterocycles. The Balaban J connectivity index is 1.47. The number of halogens is 1. The number of carbonyl (C=O) groups is 2. The Labute approximate surface area is 143 Å². The Kier molecular flexibility index (Phi) is 3.76. The van der Waals surface area contributed by atoms with Crippen molar-refractivity contribution in [3.8, 4) is 11.5 Å². The molecule has 128 valence electrons. The zero-order valence-electron chi connectivity index (χ0n) is 13.2. The molecule has 7 heteroatoms. The van der Waals surface area contributed by atoms with Crippen molar-refractivity contribution in [2.45, 2.75) is 6.42 Å². The van der Waals surface area contributed by atoms with Gasteiger partial charge >= 0.3 is 0 Å². The van der Waals surface area contributed by atoms with Crippen LogP contribution in [-0.2, 0) is 9.59 Å². The molecule has 2 amide bonds. The first kappa shape index (κ1) is 15.4. The van der Waals surface area contributed by atoms with Gasteiger partial charge in [0.05, 0.1) is 11.6 Å². The lowest BCUT2D eigenvalue weighted by Gasteiger charge is -2.17. The summed E-state index contributed by atoms with van der Waals surface area (Å²) in [6.07, 6.45) is 0.0463. The lowest BCUT2D eigenvalue weighted by molar-refractivity contribution is -0.122. The highest BCUT2D eigenvalue weighted by Gasteiger charge is 2.36. The van der Waals surface area contributed by atoms with Gasteiger partial charge in [-0.25, -0.2) is 4.39 Å². The number of benzene rings is 2. The maximum absolute atomic E-state index is 13.9. The number of anilines is 2. The number of carbonyl (C=O) groups excluding carboxylic acids is 2. The van der Waals surface area contributed by atoms with E-state index in [0.717, 1.165) is 0 Å². The zero-order valence-corrected chi connectivity index (χ0v) is 13.2. The minimum absolute atomic E-state index is 0.0463. The second-order valence-corrected chi connectivity index (χ2v) is 5.91. The van der Waals surface area contributed by atoms with Crippen LogP contribution in [0.25, 0.3) is 0 Å². The molecule has 0 radical (unpaired) electrons. The number of nitrogens with zero attached hydrogens (tertiary/aromatic N) is 1. The molecule has 1 fully saturated rings. The number of ether oxygens (including phenoxy) is 2. The van der Waals surface area contributed by atoms with Crippen molar-refractivity contribution in [1.29, 1.82) is 0 Å². The van der Waals surface area contributed by atoms with Gasteiger partial charge in [-0.05, 0) is 24.3 Å². The molecule has 2 aromatic rings. The van der Waals surface area contributed by atoms with Crippen molar-refractivity contribution in [3.63, 3.8) is 0 Å². The van der Waals surface area contributed by atoms with Crippen LogP contribution >= 0.6 is 0 Å². The molecule has 0 saturated carbocycles. The van der Waals surface area contributed by atoms with Crippen molar-refractivity contribution < 1.29 is 23.5 Å². The van der Waals surface area contributed by atoms with E-state index in [4.69, 9.17) is 9.47 Å². The number of hydrogen-bond donors (Lipinski definition) is 1. The third kappa shape index (κ3) is 2.88. The van der Waals surface area contributed by atoms with Crippen molar-refractivity contribution in [3.05, 3.63) is 48.3 Å². The third-order valence-corrected chi connectivity index (χ3v) is 4.28. The van der Waals surface area contributed by atoms with Gasteiger partial charge in [-0.2, -0.15) is 0 Å². The molecule has 0 bridgehead atoms. The number of nitrogens with one attached hydrogen (secondary N) is 1. The van der Waals surface area contributed by atoms with Crippen LogP contribution < -0.4 is 19.7 Å². The minimum Gasteiger partial charge on any atom is -0.454 e. The second kappa shape index (κ2) is 6.08. The van der Waals surface area contributed by atoms with E-state index in [1.807, 2.05) is 0 Å². The first-order chi connectivity index (χ1) is 12.1. The Hall–Kier alpha value is -3.09. The Morgan fingerprint density at radius 2 is 1.96 bits per heavy atom. The van der Waals surface area contributed by atoms with Crippen LogP contribution in [0.3, 0.4) is 0 Å². The van der Waals surface area contributed by atoms with E-state index in [9.17, 15) is 14.0 Å². The predicted octanol–water partition coefficient (Wildman–Crippen LogP) is 2.55. The number of para-hydroxylation sites is 1. The quantitative estimate of drug-likeness (QED) is 0.931. The number of fused-ring (bicyclic) bond motifs is 1. The van der Waals surface area contributed by atoms with E-state index >= 15 is 0 Å². The lowest BCUT2D eigenvalue weighted by Crippen LogP contribution is -2.28. The van der Waals surface area contributed by atoms with Crippen molar-refractivity contribution >= 4 is 23.2 Å². The molecule has 1 saturated heterocycles. The Bertz CT molecular complexity index is 855. The molecule has 2 heterocycles. The molecule has 25 heavy (non-hydrogen) atoms. The molecule has 2 aromatic carbocycles. The normalized spacial score (nSPS) is 18.5. The highest BCUT2D eigenvalue weighted by atomic mass is 19.1. The highest BCUT2D eigenvalue weighted by molar-refractivity contribution is 6.03. The van der Waals surface area contributed by atoms with E-state index in [1.54, 1.807) is 30.3 Å². The van der Waals surface area contributed by atoms with Crippen LogP contribution in [0.15, 0.2) is 42.5 Å². The van der Waals surface area contributed by atoms with Gasteiger partial charge in [0.1, 0.15) is 5.82 Å². The second-order valence-electron chi connectivity index (χ2n) is 5.91. The molecule has 0 spiro atoms. The summed E-state index contributed by atoms with van der Waals surface area (Å²) in [5.41, 5.74) is 0.761. The predicted molar refractivity (Wildman–Crippen MR) is 88.1 cm³/mol. The summed E-state index contributed by atoms with van der Waals surface area (Å²) in [5.74, 6) is -0.389. The molecule has 0 aliphatic carbocycles. The van der Waals surface area contributed by atoms with Crippen molar-refractivity contribution in [2.75, 3.05) is 23.6 Å². The Morgan fingerprint density at radius 3 is 2.80 bits per heavy atom. The SMILES string of the molecule is O=C(Nc1ccc2c(c1)OCO2)[C@H]1CC(=O)N(c2ccccc2F)C1. The summed E-state index contributed by atoms with van der Waals surface area (Å²) in [7, 11) is 0. The molecular formula is C18H15FN2O4. The smallest absolute Gasteiger partial charge is 0.231 e. The molecule has 2 aliphatic rings. The van der Waals surface area contributed by atoms with E-state index < -0.39 is 11.7 Å². The van der Waals surface area contributed by atoms with E-state index in [1.165, 1.54) is 17.0 Å². The van der Waals surface area contributed by atoms with Crippen molar-refractivity contribution in [2.24, 2.45) is 5.92 Å². The van der Waals surface area contributed by atoms with Crippen molar-refractivity contribution in [1.82, 2.24) is 0 Å². The monoisotopic (exact) mass is 342 g/mol. The fraction of sp³-hybridized carbons (Fsp3) is 0.222. The molecule has 1 N–H and O–H groups in total. The summed E-state index contributed by atoms with van der Waals surface area (Å²) in [4.78, 5) is 26.0. The number of amides is 2. The van der Waals surface area contributed by atoms with Crippen LogP contribution in [0.4, 0.5) is 15.8 Å². The minimum atomic E-state index is -0.544. The van der Waals surface area contributed by atoms with Gasteiger partial charge in [-0.3, -0.25) is 9.59 Å². The standard InChI is InChI=1S/C18H15FN2O4/c19-13-3-1-2-4-14(13)21-9-11(7-17(21)22)18(23)20-12-5-6-15-16(8-12)25-10-24-15/h1-6,8,11H,7,9-10H2,(H,20,23)/t11-/m0/s1. The van der Waals surface area contributed by atoms with Crippen LogP contribution in [-0.4, -0.2) is 25.2 Å². The maximum atomic E-state index is 13.9. The summed E-state index contributed by atoms with van der Waals surface area (Å²) in [6, 6.07) is 11.1. The summed E-state index contributed by atoms with van der Waals surface area (Å²) in [5, 5.41) is 2.77. The lowest BCUT2D eigenvalue weighted by atomic mass is 10.1. The first-order valence-corrected chi connectivity index (χ1v) is 7.87. The zero-order chi connectivity index (χ0) is 17.4. The van der Waals surface area contributed by atoms with E-state index in [2.05, 4.69) is 5.32 Å². The average Bonchev–Trinajstić information content (AvgIpc) is 3.21. The van der Waals surface area contributed by atoms with Gasteiger partial charge in [-0.15, -0.1) is 0 Å². The van der Waals surface area contributed by atoms with Gasteiger partial charge in [0.2, 0.25) is 18.6 Å². The van der Waals surface area contributed by atoms with Crippen LogP contribution in [0, 0.1) is 11.7 Å². The molecule has 0 unspecified atom stereocenters. The number of rotatable bonds is 3. The van der Waals surface area contributed by atoms with Crippen LogP contribution in [0.5, 0.6) is 11.5 Å². The molecule has 1 atom stereocenters. The fourth-order valence-corrected chi connectivity index (χ4v) is 3.01.